The molecule has 2 aliphatic heterocycles. The normalized spacial score (nSPS) is 22.0. The van der Waals surface area contributed by atoms with Crippen molar-refractivity contribution >= 4 is 5.91 Å². The lowest BCUT2D eigenvalue weighted by atomic mass is 9.72. The van der Waals surface area contributed by atoms with Gasteiger partial charge in [0, 0.05) is 38.4 Å². The zero-order valence-corrected chi connectivity index (χ0v) is 18.3. The number of piperazine rings is 1. The van der Waals surface area contributed by atoms with Crippen LogP contribution in [0, 0.1) is 6.92 Å². The Kier molecular flexibility index (Phi) is 6.11. The van der Waals surface area contributed by atoms with E-state index in [1.54, 1.807) is 7.11 Å². The molecule has 0 unspecified atom stereocenters. The molecular formula is C25H32N2O3. The number of aryl methyl sites for hydroxylation is 1. The zero-order valence-electron chi connectivity index (χ0n) is 18.3. The number of carbonyl (C=O) groups excluding carboxylic acids is 1. The van der Waals surface area contributed by atoms with E-state index >= 15 is 0 Å². The van der Waals surface area contributed by atoms with Crippen molar-refractivity contribution in [1.82, 2.24) is 9.80 Å². The van der Waals surface area contributed by atoms with Gasteiger partial charge in [0.2, 0.25) is 5.91 Å². The summed E-state index contributed by atoms with van der Waals surface area (Å²) in [5.74, 6) is 1.12. The maximum Gasteiger partial charge on any atom is 0.233 e. The Morgan fingerprint density at radius 3 is 2.60 bits per heavy atom. The van der Waals surface area contributed by atoms with Gasteiger partial charge in [0.1, 0.15) is 5.75 Å². The molecule has 0 radical (unpaired) electrons. The van der Waals surface area contributed by atoms with Crippen molar-refractivity contribution < 1.29 is 14.3 Å². The first-order valence-corrected chi connectivity index (χ1v) is 10.8. The SMILES string of the molecule is COc1ccccc1[C@@H]1CN(C(=O)C2(c3cccc(C)c3)CCOCC2)CCN1C. The molecule has 0 aliphatic carbocycles. The van der Waals surface area contributed by atoms with Crippen LogP contribution in [-0.4, -0.2) is 62.7 Å². The second-order valence-electron chi connectivity index (χ2n) is 8.55. The van der Waals surface area contributed by atoms with Gasteiger partial charge in [0.25, 0.3) is 0 Å². The van der Waals surface area contributed by atoms with Crippen LogP contribution in [0.1, 0.15) is 35.6 Å². The number of hydrogen-bond acceptors (Lipinski definition) is 4. The number of methoxy groups -OCH3 is 1. The average Bonchev–Trinajstić information content (AvgIpc) is 2.79. The van der Waals surface area contributed by atoms with Crippen LogP contribution in [0.5, 0.6) is 5.75 Å². The number of nitrogens with zero attached hydrogens (tertiary/aromatic N) is 2. The van der Waals surface area contributed by atoms with Crippen LogP contribution < -0.4 is 4.74 Å². The van der Waals surface area contributed by atoms with Gasteiger partial charge < -0.3 is 14.4 Å². The van der Waals surface area contributed by atoms with E-state index in [0.29, 0.717) is 19.8 Å². The van der Waals surface area contributed by atoms with E-state index in [0.717, 1.165) is 42.8 Å². The van der Waals surface area contributed by atoms with Gasteiger partial charge in [-0.3, -0.25) is 9.69 Å². The van der Waals surface area contributed by atoms with Crippen LogP contribution >= 0.6 is 0 Å². The summed E-state index contributed by atoms with van der Waals surface area (Å²) in [5.41, 5.74) is 2.96. The molecule has 0 spiro atoms. The maximum absolute atomic E-state index is 14.0. The second-order valence-corrected chi connectivity index (χ2v) is 8.55. The molecule has 4 rings (SSSR count). The summed E-state index contributed by atoms with van der Waals surface area (Å²) in [7, 11) is 3.84. The summed E-state index contributed by atoms with van der Waals surface area (Å²) >= 11 is 0. The van der Waals surface area contributed by atoms with E-state index in [2.05, 4.69) is 54.1 Å². The number of carbonyl (C=O) groups is 1. The van der Waals surface area contributed by atoms with Gasteiger partial charge in [0.05, 0.1) is 18.6 Å². The molecule has 2 saturated heterocycles. The molecule has 5 nitrogen and oxygen atoms in total. The smallest absolute Gasteiger partial charge is 0.233 e. The number of hydrogen-bond donors (Lipinski definition) is 0. The number of benzene rings is 2. The Bertz CT molecular complexity index is 891. The molecule has 1 atom stereocenters. The standard InChI is InChI=1S/C25H32N2O3/c1-19-7-6-8-20(17-19)25(11-15-30-16-12-25)24(28)27-14-13-26(2)22(18-27)21-9-4-5-10-23(21)29-3/h4-10,17,22H,11-16,18H2,1-3H3/t22-/m0/s1. The predicted octanol–water partition coefficient (Wildman–Crippen LogP) is 3.57. The maximum atomic E-state index is 14.0. The Morgan fingerprint density at radius 1 is 1.10 bits per heavy atom. The highest BCUT2D eigenvalue weighted by Gasteiger charge is 2.45. The highest BCUT2D eigenvalue weighted by atomic mass is 16.5. The van der Waals surface area contributed by atoms with Gasteiger partial charge in [-0.05, 0) is 38.4 Å². The first kappa shape index (κ1) is 20.9. The minimum Gasteiger partial charge on any atom is -0.496 e. The Morgan fingerprint density at radius 2 is 1.87 bits per heavy atom. The Labute approximate surface area is 179 Å². The molecule has 1 amide bonds. The Hall–Kier alpha value is -2.37. The number of rotatable bonds is 4. The first-order chi connectivity index (χ1) is 14.5. The summed E-state index contributed by atoms with van der Waals surface area (Å²) < 4.78 is 11.3. The van der Waals surface area contributed by atoms with Crippen molar-refractivity contribution in [3.63, 3.8) is 0 Å². The molecule has 2 fully saturated rings. The van der Waals surface area contributed by atoms with E-state index in [-0.39, 0.29) is 11.9 Å². The van der Waals surface area contributed by atoms with Crippen LogP contribution in [0.3, 0.4) is 0 Å². The molecule has 0 bridgehead atoms. The lowest BCUT2D eigenvalue weighted by Crippen LogP contribution is -2.56. The summed E-state index contributed by atoms with van der Waals surface area (Å²) in [6.45, 7) is 5.61. The first-order valence-electron chi connectivity index (χ1n) is 10.8. The lowest BCUT2D eigenvalue weighted by molar-refractivity contribution is -0.144. The number of ether oxygens (including phenoxy) is 2. The lowest BCUT2D eigenvalue weighted by Gasteiger charge is -2.45. The second kappa shape index (κ2) is 8.78. The van der Waals surface area contributed by atoms with E-state index in [4.69, 9.17) is 9.47 Å². The van der Waals surface area contributed by atoms with Crippen molar-refractivity contribution in [2.45, 2.75) is 31.2 Å². The fourth-order valence-corrected chi connectivity index (χ4v) is 4.93. The van der Waals surface area contributed by atoms with Crippen molar-refractivity contribution in [2.75, 3.05) is 47.0 Å². The summed E-state index contributed by atoms with van der Waals surface area (Å²) in [6.07, 6.45) is 1.47. The van der Waals surface area contributed by atoms with Gasteiger partial charge in [-0.15, -0.1) is 0 Å². The molecule has 2 aromatic carbocycles. The summed E-state index contributed by atoms with van der Waals surface area (Å²) in [4.78, 5) is 18.4. The van der Waals surface area contributed by atoms with Crippen LogP contribution in [0.15, 0.2) is 48.5 Å². The van der Waals surface area contributed by atoms with E-state index < -0.39 is 5.41 Å². The van der Waals surface area contributed by atoms with Crippen LogP contribution in [0.25, 0.3) is 0 Å². The van der Waals surface area contributed by atoms with Crippen LogP contribution in [-0.2, 0) is 14.9 Å². The van der Waals surface area contributed by atoms with Crippen molar-refractivity contribution in [1.29, 1.82) is 0 Å². The van der Waals surface area contributed by atoms with E-state index in [9.17, 15) is 4.79 Å². The molecule has 5 heteroatoms. The largest absolute Gasteiger partial charge is 0.496 e. The third-order valence-corrected chi connectivity index (χ3v) is 6.76. The molecule has 2 aromatic rings. The van der Waals surface area contributed by atoms with Gasteiger partial charge in [-0.25, -0.2) is 0 Å². The van der Waals surface area contributed by atoms with E-state index in [1.807, 2.05) is 18.2 Å². The molecule has 2 aliphatic rings. The molecule has 160 valence electrons. The minimum absolute atomic E-state index is 0.119. The molecule has 0 saturated carbocycles. The third-order valence-electron chi connectivity index (χ3n) is 6.76. The molecular weight excluding hydrogens is 376 g/mol. The van der Waals surface area contributed by atoms with Gasteiger partial charge in [0.15, 0.2) is 0 Å². The van der Waals surface area contributed by atoms with Crippen LogP contribution in [0.4, 0.5) is 0 Å². The quantitative estimate of drug-likeness (QED) is 0.776. The highest BCUT2D eigenvalue weighted by Crippen LogP contribution is 2.39. The molecule has 2 heterocycles. The highest BCUT2D eigenvalue weighted by molar-refractivity contribution is 5.88. The fraction of sp³-hybridized carbons (Fsp3) is 0.480. The monoisotopic (exact) mass is 408 g/mol. The predicted molar refractivity (Wildman–Crippen MR) is 118 cm³/mol. The molecule has 0 aromatic heterocycles. The van der Waals surface area contributed by atoms with Gasteiger partial charge >= 0.3 is 0 Å². The van der Waals surface area contributed by atoms with Crippen molar-refractivity contribution in [3.8, 4) is 5.75 Å². The molecule has 30 heavy (non-hydrogen) atoms. The van der Waals surface area contributed by atoms with Gasteiger partial charge in [-0.1, -0.05) is 48.0 Å². The number of para-hydroxylation sites is 1. The minimum atomic E-state index is -0.495. The van der Waals surface area contributed by atoms with Crippen molar-refractivity contribution in [3.05, 3.63) is 65.2 Å². The number of likely N-dealkylation sites (N-methyl/N-ethyl adjacent to an activating group) is 1. The number of amides is 1. The molecule has 0 N–H and O–H groups in total. The zero-order chi connectivity index (χ0) is 21.1. The average molecular weight is 409 g/mol. The van der Waals surface area contributed by atoms with Crippen molar-refractivity contribution in [2.24, 2.45) is 0 Å². The summed E-state index contributed by atoms with van der Waals surface area (Å²) in [6, 6.07) is 16.7. The topological polar surface area (TPSA) is 42.0 Å². The van der Waals surface area contributed by atoms with Gasteiger partial charge in [-0.2, -0.15) is 0 Å². The summed E-state index contributed by atoms with van der Waals surface area (Å²) in [5, 5.41) is 0. The third kappa shape index (κ3) is 3.84. The fourth-order valence-electron chi connectivity index (χ4n) is 4.93. The van der Waals surface area contributed by atoms with E-state index in [1.165, 1.54) is 5.56 Å². The Balaban J connectivity index is 1.65. The van der Waals surface area contributed by atoms with Crippen LogP contribution in [0.2, 0.25) is 0 Å².